The van der Waals surface area contributed by atoms with E-state index in [4.69, 9.17) is 34.8 Å². The number of aryl methyl sites for hydroxylation is 1. The minimum absolute atomic E-state index is 0.0224. The van der Waals surface area contributed by atoms with Crippen molar-refractivity contribution in [3.63, 3.8) is 0 Å². The summed E-state index contributed by atoms with van der Waals surface area (Å²) in [5.41, 5.74) is 23.9. The lowest BCUT2D eigenvalue weighted by Crippen LogP contribution is -2.47. The van der Waals surface area contributed by atoms with E-state index in [0.717, 1.165) is 152 Å². The predicted octanol–water partition coefficient (Wildman–Crippen LogP) is 13.7. The Hall–Kier alpha value is -11.4. The average molecular weight is 1500 g/mol. The van der Waals surface area contributed by atoms with Gasteiger partial charge in [-0.05, 0) is 101 Å². The number of nitrogens with zero attached hydrogens (tertiary/aromatic N) is 9. The van der Waals surface area contributed by atoms with Crippen LogP contribution in [0.3, 0.4) is 0 Å². The van der Waals surface area contributed by atoms with Crippen LogP contribution in [0.4, 0.5) is 22.7 Å². The average Bonchev–Trinajstić information content (AvgIpc) is 0.692. The van der Waals surface area contributed by atoms with Crippen molar-refractivity contribution in [3.05, 3.63) is 184 Å². The van der Waals surface area contributed by atoms with Crippen LogP contribution >= 0.6 is 0 Å². The molecule has 2 amide bonds. The number of fused-ring (bicyclic) bond motifs is 7. The van der Waals surface area contributed by atoms with Crippen molar-refractivity contribution in [2.75, 3.05) is 183 Å². The van der Waals surface area contributed by atoms with Crippen LogP contribution in [0.15, 0.2) is 161 Å². The summed E-state index contributed by atoms with van der Waals surface area (Å²) in [4.78, 5) is 44.6. The van der Waals surface area contributed by atoms with Crippen LogP contribution in [-0.2, 0) is 13.1 Å². The number of benzene rings is 11. The molecule has 3 aliphatic rings. The van der Waals surface area contributed by atoms with Gasteiger partial charge < -0.3 is 57.7 Å². The highest BCUT2D eigenvalue weighted by Gasteiger charge is 2.37. The van der Waals surface area contributed by atoms with E-state index >= 15 is 0 Å². The molecule has 12 aromatic rings. The summed E-state index contributed by atoms with van der Waals surface area (Å²) < 4.78 is 40.0. The zero-order chi connectivity index (χ0) is 79.8. The van der Waals surface area contributed by atoms with Crippen LogP contribution in [0.25, 0.3) is 127 Å². The van der Waals surface area contributed by atoms with Gasteiger partial charge >= 0.3 is 0 Å². The summed E-state index contributed by atoms with van der Waals surface area (Å²) in [6, 6.07) is 51.2. The molecule has 0 radical (unpaired) electrons. The van der Waals surface area contributed by atoms with Gasteiger partial charge in [-0.15, -0.1) is 0 Å². The first-order chi connectivity index (χ1) is 52.7. The lowest BCUT2D eigenvalue weighted by Gasteiger charge is -2.31. The smallest absolute Gasteiger partial charge is 0.261 e. The number of quaternary nitrogens is 4. The zero-order valence-electron chi connectivity index (χ0n) is 68.5. The highest BCUT2D eigenvalue weighted by atomic mass is 16.5. The summed E-state index contributed by atoms with van der Waals surface area (Å²) in [7, 11) is 35.9. The van der Waals surface area contributed by atoms with E-state index in [9.17, 15) is 14.4 Å². The Bertz CT molecular complexity index is 6020. The maximum atomic E-state index is 13.8. The summed E-state index contributed by atoms with van der Waals surface area (Å²) in [6.45, 7) is 15.7. The molecule has 2 aliphatic heterocycles. The molecule has 10 aromatic carbocycles. The maximum Gasteiger partial charge on any atom is 0.261 e. The Balaban J connectivity index is 0.000000148. The number of carbonyl (C=O) groups excluding carboxylic acids is 2. The lowest BCUT2D eigenvalue weighted by atomic mass is 9.84. The molecule has 19 nitrogen and oxygen atoms in total. The molecule has 0 unspecified atom stereocenters. The van der Waals surface area contributed by atoms with Crippen molar-refractivity contribution in [1.29, 1.82) is 0 Å². The topological polar surface area (TPSA) is 172 Å². The predicted molar refractivity (Wildman–Crippen MR) is 459 cm³/mol. The van der Waals surface area contributed by atoms with E-state index < -0.39 is 0 Å². The number of ether oxygens (including phenoxy) is 4. The first kappa shape index (κ1) is 77.8. The largest absolute Gasteiger partial charge is 0.496 e. The molecule has 19 heteroatoms. The Morgan fingerprint density at radius 3 is 1.58 bits per heavy atom. The third-order valence-corrected chi connectivity index (χ3v) is 22.6. The highest BCUT2D eigenvalue weighted by molar-refractivity contribution is 6.40. The second kappa shape index (κ2) is 29.8. The standard InChI is InChI=1S/C35H36N4O3.C30H39N3O5.C27H33N4/c1-20-21-8-9-22-24-11-14-27-32-28(35(42)37(34(27)41)17-19-39(5,6)7)15-12-25(31(24)32)23-10-13-26(29(21)30(22)23)33(40)36(20)16-18-38(2,3)4;1-31(2)18-12-21(34-8)28-25(14-18)38-26-15-19(32(3)4)13-22(35-9)29(26)30(28)27-23(36-10)16-20(33(5,6)7)17-24(27)37-11;1-4-31(3,5-2)17-9-16-30-26-19-22(29)13-15-24(26)23-14-12-21(28)18-25(23)27(30)20-10-7-6-8-11-20/h8-15H,1,16-19H2,2-7H3;12-17H,1-11H3;6-8,10-15,18-19,29H,4-5,9,16-17,28H2,1-3H3/q2*+2;+1/p+1. The molecule has 0 saturated carbocycles. The third kappa shape index (κ3) is 14.3. The van der Waals surface area contributed by atoms with Gasteiger partial charge in [-0.3, -0.25) is 23.8 Å². The van der Waals surface area contributed by atoms with E-state index in [2.05, 4.69) is 174 Å². The number of hydrogen-bond acceptors (Lipinski definition) is 11. The van der Waals surface area contributed by atoms with E-state index in [1.54, 1.807) is 28.4 Å². The fourth-order valence-corrected chi connectivity index (χ4v) is 15.9. The van der Waals surface area contributed by atoms with Crippen LogP contribution in [0, 0.1) is 0 Å². The Kier molecular flexibility index (Phi) is 20.9. The summed E-state index contributed by atoms with van der Waals surface area (Å²) in [5.74, 6) is 2.90. The normalized spacial score (nSPS) is 12.8. The number of anilines is 3. The van der Waals surface area contributed by atoms with Crippen molar-refractivity contribution in [2.24, 2.45) is 0 Å². The summed E-state index contributed by atoms with van der Waals surface area (Å²) in [6.07, 6.45) is 1.10. The van der Waals surface area contributed by atoms with Gasteiger partial charge in [0.25, 0.3) is 17.4 Å². The molecular weight excluding hydrogens is 1390 g/mol. The first-order valence-electron chi connectivity index (χ1n) is 38.1. The fourth-order valence-electron chi connectivity index (χ4n) is 15.9. The Morgan fingerprint density at radius 1 is 0.514 bits per heavy atom. The van der Waals surface area contributed by atoms with Crippen LogP contribution in [0.1, 0.15) is 41.0 Å². The molecule has 574 valence electrons. The van der Waals surface area contributed by atoms with Gasteiger partial charge in [0.2, 0.25) is 16.6 Å². The maximum absolute atomic E-state index is 13.8. The number of imide groups is 1. The number of aromatic nitrogens is 2. The number of carbonyl (C=O) groups is 2. The third-order valence-electron chi connectivity index (χ3n) is 22.6. The SMILES string of the molecule is C=c1c2ccc3c4ccc5c6c(ccc(c7ccc(c(=O)n1CC[N+](C)(C)C)c2c37)c64)C(=O)N(CC[N+](C)(C)C)C5=O.CC[N+](C)(CC)CCC[n+]1c(-c2ccccc2)c2cc(N)ccc2c2ccc(N)cc21.COc1cc([N+](C)(C)C)cc(OC)c1-c1c2c(OC)cc(=[N+](C)C)cc-2oc2cc(N(C)C)cc(OC)c12. The van der Waals surface area contributed by atoms with Gasteiger partial charge in [0, 0.05) is 116 Å². The van der Waals surface area contributed by atoms with Gasteiger partial charge in [-0.1, -0.05) is 61.2 Å². The Labute approximate surface area is 650 Å². The van der Waals surface area contributed by atoms with Gasteiger partial charge in [0.15, 0.2) is 6.54 Å². The monoisotopic (exact) mass is 1500 g/mol. The molecule has 0 spiro atoms. The molecule has 4 N–H and O–H groups in total. The van der Waals surface area contributed by atoms with Gasteiger partial charge in [-0.25, -0.2) is 4.58 Å². The number of nitrogen functional groups attached to an aromatic ring is 2. The number of nitrogens with two attached hydrogens (primary N) is 2. The van der Waals surface area contributed by atoms with Gasteiger partial charge in [0.1, 0.15) is 54.1 Å². The number of amides is 2. The highest BCUT2D eigenvalue weighted by Crippen LogP contribution is 2.54. The van der Waals surface area contributed by atoms with Crippen LogP contribution in [0.2, 0.25) is 0 Å². The van der Waals surface area contributed by atoms with Crippen LogP contribution in [-0.4, -0.2) is 201 Å². The van der Waals surface area contributed by atoms with Crippen molar-refractivity contribution >= 4 is 128 Å². The molecule has 15 rings (SSSR count). The molecule has 0 saturated heterocycles. The number of pyridine rings is 2. The zero-order valence-corrected chi connectivity index (χ0v) is 68.5. The van der Waals surface area contributed by atoms with Crippen molar-refractivity contribution < 1.29 is 51.0 Å². The van der Waals surface area contributed by atoms with Gasteiger partial charge in [0.05, 0.1) is 191 Å². The molecule has 0 atom stereocenters. The second-order valence-electron chi connectivity index (χ2n) is 33.2. The molecule has 4 heterocycles. The van der Waals surface area contributed by atoms with E-state index in [1.165, 1.54) is 37.8 Å². The molecule has 0 fully saturated rings. The number of hydrogen-bond donors (Lipinski definition) is 2. The summed E-state index contributed by atoms with van der Waals surface area (Å²) >= 11 is 0. The lowest BCUT2D eigenvalue weighted by molar-refractivity contribution is -0.908. The first-order valence-corrected chi connectivity index (χ1v) is 38.1. The number of likely N-dealkylation sites (N-methyl/N-ethyl adjacent to an activating group) is 2. The van der Waals surface area contributed by atoms with Crippen LogP contribution in [0.5, 0.6) is 23.0 Å². The van der Waals surface area contributed by atoms with Crippen LogP contribution < -0.4 is 65.2 Å². The minimum atomic E-state index is -0.239. The van der Waals surface area contributed by atoms with Crippen molar-refractivity contribution in [1.82, 2.24) is 18.5 Å². The molecular formula is C92H109N11O8+6. The molecule has 1 aliphatic carbocycles. The van der Waals surface area contributed by atoms with Crippen molar-refractivity contribution in [3.8, 4) is 56.7 Å². The molecule has 0 bridgehead atoms. The molecule has 111 heavy (non-hydrogen) atoms. The number of rotatable bonds is 20. The van der Waals surface area contributed by atoms with Gasteiger partial charge in [-0.2, -0.15) is 4.57 Å². The quantitative estimate of drug-likeness (QED) is 0.0186. The number of methoxy groups -OCH3 is 4. The minimum Gasteiger partial charge on any atom is -0.496 e. The van der Waals surface area contributed by atoms with Crippen molar-refractivity contribution in [2.45, 2.75) is 33.4 Å². The van der Waals surface area contributed by atoms with E-state index in [0.29, 0.717) is 79.5 Å². The van der Waals surface area contributed by atoms with E-state index in [-0.39, 0.29) is 17.4 Å². The fraction of sp³-hybridized carbons (Fsp3) is 0.315. The molecule has 2 aromatic heterocycles. The van der Waals surface area contributed by atoms with E-state index in [1.807, 2.05) is 115 Å². The second-order valence-corrected chi connectivity index (χ2v) is 33.2. The summed E-state index contributed by atoms with van der Waals surface area (Å²) in [5, 5.41) is 15.3. The Morgan fingerprint density at radius 2 is 1.03 bits per heavy atom.